The molecule has 0 aliphatic carbocycles. The quantitative estimate of drug-likeness (QED) is 0.0881. The topological polar surface area (TPSA) is 219 Å². The van der Waals surface area contributed by atoms with Crippen LogP contribution in [-0.2, 0) is 16.0 Å². The maximum Gasteiger partial charge on any atom is 0.325 e. The minimum Gasteiger partial charge on any atom is -0.480 e. The Balaban J connectivity index is 1.23. The van der Waals surface area contributed by atoms with Crippen molar-refractivity contribution in [3.05, 3.63) is 62.6 Å². The first-order valence-electron chi connectivity index (χ1n) is 16.1. The molecule has 0 saturated heterocycles. The normalized spacial score (nSPS) is 13.7. The van der Waals surface area contributed by atoms with Gasteiger partial charge in [-0.15, -0.1) is 45.3 Å². The Morgan fingerprint density at radius 3 is 2.00 bits per heavy atom. The molecule has 0 aliphatic rings. The number of rotatable bonds is 15. The minimum atomic E-state index is -1.19. The third-order valence-electron chi connectivity index (χ3n) is 8.00. The van der Waals surface area contributed by atoms with E-state index in [2.05, 4.69) is 20.6 Å². The number of nitrogens with one attached hydrogen (secondary N) is 2. The molecule has 0 unspecified atom stereocenters. The lowest BCUT2D eigenvalue weighted by molar-refractivity contribution is -0.141. The van der Waals surface area contributed by atoms with E-state index in [9.17, 15) is 24.6 Å². The Morgan fingerprint density at radius 2 is 1.40 bits per heavy atom. The Kier molecular flexibility index (Phi) is 11.6. The highest BCUT2D eigenvalue weighted by Crippen LogP contribution is 2.36. The Bertz CT molecular complexity index is 2170. The summed E-state index contributed by atoms with van der Waals surface area (Å²) in [6.07, 6.45) is 1.04. The third-order valence-corrected chi connectivity index (χ3v) is 11.5. The fourth-order valence-corrected chi connectivity index (χ4v) is 8.28. The van der Waals surface area contributed by atoms with Crippen molar-refractivity contribution in [1.29, 1.82) is 0 Å². The van der Waals surface area contributed by atoms with Gasteiger partial charge in [-0.2, -0.15) is 0 Å². The summed E-state index contributed by atoms with van der Waals surface area (Å²) in [4.78, 5) is 61.7. The molecule has 14 nitrogen and oxygen atoms in total. The van der Waals surface area contributed by atoms with Crippen LogP contribution >= 0.6 is 45.3 Å². The smallest absolute Gasteiger partial charge is 0.325 e. The van der Waals surface area contributed by atoms with Gasteiger partial charge in [0.1, 0.15) is 49.9 Å². The first kappa shape index (κ1) is 37.1. The molecule has 2 amide bonds. The number of thiazole rings is 4. The second-order valence-corrected chi connectivity index (χ2v) is 15.4. The van der Waals surface area contributed by atoms with E-state index in [1.54, 1.807) is 36.6 Å². The average Bonchev–Trinajstić information content (AvgIpc) is 3.99. The van der Waals surface area contributed by atoms with Crippen LogP contribution in [0.3, 0.4) is 0 Å². The van der Waals surface area contributed by atoms with Crippen molar-refractivity contribution in [2.45, 2.75) is 51.7 Å². The van der Waals surface area contributed by atoms with E-state index in [0.717, 1.165) is 15.7 Å². The zero-order valence-electron chi connectivity index (χ0n) is 28.1. The molecule has 18 heteroatoms. The molecule has 4 atom stereocenters. The van der Waals surface area contributed by atoms with Crippen molar-refractivity contribution in [2.24, 2.45) is 11.7 Å². The van der Waals surface area contributed by atoms with Gasteiger partial charge < -0.3 is 31.0 Å². The number of amides is 2. The highest BCUT2D eigenvalue weighted by molar-refractivity contribution is 7.16. The molecule has 0 saturated carbocycles. The number of carboxylic acid groups (broad SMARTS) is 1. The molecule has 1 aromatic carbocycles. The lowest BCUT2D eigenvalue weighted by Crippen LogP contribution is -2.53. The van der Waals surface area contributed by atoms with Gasteiger partial charge in [-0.05, 0) is 12.8 Å². The first-order chi connectivity index (χ1) is 25.0. The molecule has 6 aromatic rings. The van der Waals surface area contributed by atoms with Crippen molar-refractivity contribution >= 4 is 63.1 Å². The number of carbonyl (C=O) groups is 3. The SMILES string of the molecule is CC[C@H](C)[C@@H](NC(=O)c1nc(-c2csc(-c3csc(-c4csc(-c5csc(C[C@H](N)CO)n5)n4)n3)n2)oc1-c1ccccc1)C(=O)N[C@@H](C)C(=O)O. The summed E-state index contributed by atoms with van der Waals surface area (Å²) in [6, 6.07) is 6.49. The van der Waals surface area contributed by atoms with Crippen molar-refractivity contribution in [1.82, 2.24) is 35.6 Å². The predicted molar refractivity (Wildman–Crippen MR) is 201 cm³/mol. The zero-order valence-corrected chi connectivity index (χ0v) is 31.4. The Labute approximate surface area is 313 Å². The van der Waals surface area contributed by atoms with Crippen LogP contribution in [-0.4, -0.2) is 77.6 Å². The fraction of sp³-hybridized carbons (Fsp3) is 0.294. The van der Waals surface area contributed by atoms with Gasteiger partial charge in [0.2, 0.25) is 11.8 Å². The zero-order chi connectivity index (χ0) is 36.9. The summed E-state index contributed by atoms with van der Waals surface area (Å²) in [5, 5.41) is 34.2. The minimum absolute atomic E-state index is 0.0399. The van der Waals surface area contributed by atoms with Gasteiger partial charge in [0, 0.05) is 39.5 Å². The number of carbonyl (C=O) groups excluding carboxylic acids is 2. The van der Waals surface area contributed by atoms with Gasteiger partial charge in [0.05, 0.1) is 11.6 Å². The van der Waals surface area contributed by atoms with Crippen molar-refractivity contribution < 1.29 is 29.0 Å². The molecule has 0 bridgehead atoms. The molecule has 270 valence electrons. The number of aliphatic hydroxyl groups excluding tert-OH is 1. The lowest BCUT2D eigenvalue weighted by atomic mass is 9.97. The highest BCUT2D eigenvalue weighted by atomic mass is 32.1. The summed E-state index contributed by atoms with van der Waals surface area (Å²) in [6.45, 7) is 4.92. The second kappa shape index (κ2) is 16.3. The number of oxazole rings is 1. The van der Waals surface area contributed by atoms with E-state index >= 15 is 0 Å². The van der Waals surface area contributed by atoms with Gasteiger partial charge in [0.25, 0.3) is 5.91 Å². The third kappa shape index (κ3) is 8.32. The first-order valence-corrected chi connectivity index (χ1v) is 19.7. The molecular weight excluding hydrogens is 745 g/mol. The van der Waals surface area contributed by atoms with Crippen LogP contribution in [0.1, 0.15) is 42.7 Å². The van der Waals surface area contributed by atoms with E-state index < -0.39 is 29.9 Å². The molecule has 6 rings (SSSR count). The molecule has 0 radical (unpaired) electrons. The Hall–Kier alpha value is -4.72. The summed E-state index contributed by atoms with van der Waals surface area (Å²) >= 11 is 5.72. The standard InChI is InChI=1S/C34H34N8O6S4/c1-4-16(2)25(28(44)36-17(3)34(46)47)41-29(45)26-27(18-8-6-5-7-9-18)48-30(42-26)20-12-50-32(38-20)22-14-52-33(40-22)23-15-51-31(39-23)21-13-49-24(37-21)10-19(35)11-43/h5-9,12-17,19,25,43H,4,10-11,35H2,1-3H3,(H,36,44)(H,41,45)(H,46,47)/t16-,17-,19-,25+/m0/s1. The maximum atomic E-state index is 13.8. The van der Waals surface area contributed by atoms with Gasteiger partial charge in [-0.1, -0.05) is 50.6 Å². The van der Waals surface area contributed by atoms with E-state index in [1.165, 1.54) is 52.3 Å². The lowest BCUT2D eigenvalue weighted by Gasteiger charge is -2.24. The molecular formula is C34H34N8O6S4. The molecule has 5 heterocycles. The number of hydrogen-bond donors (Lipinski definition) is 5. The molecule has 0 aliphatic heterocycles. The fourth-order valence-electron chi connectivity index (χ4n) is 4.91. The number of nitrogens with two attached hydrogens (primary N) is 1. The molecule has 0 fully saturated rings. The summed E-state index contributed by atoms with van der Waals surface area (Å²) in [5.41, 5.74) is 8.93. The van der Waals surface area contributed by atoms with Crippen molar-refractivity contribution in [2.75, 3.05) is 6.61 Å². The van der Waals surface area contributed by atoms with Crippen LogP contribution < -0.4 is 16.4 Å². The summed E-state index contributed by atoms with van der Waals surface area (Å²) < 4.78 is 6.17. The van der Waals surface area contributed by atoms with Gasteiger partial charge in [0.15, 0.2) is 11.5 Å². The van der Waals surface area contributed by atoms with Crippen molar-refractivity contribution in [3.63, 3.8) is 0 Å². The largest absolute Gasteiger partial charge is 0.480 e. The molecule has 5 aromatic heterocycles. The van der Waals surface area contributed by atoms with E-state index in [1.807, 2.05) is 29.1 Å². The van der Waals surface area contributed by atoms with E-state index in [-0.39, 0.29) is 35.9 Å². The molecule has 0 spiro atoms. The van der Waals surface area contributed by atoms with Gasteiger partial charge in [-0.3, -0.25) is 14.4 Å². The molecule has 52 heavy (non-hydrogen) atoms. The number of aromatic nitrogens is 5. The maximum absolute atomic E-state index is 13.8. The van der Waals surface area contributed by atoms with Crippen LogP contribution in [0.4, 0.5) is 0 Å². The monoisotopic (exact) mass is 778 g/mol. The van der Waals surface area contributed by atoms with Crippen molar-refractivity contribution in [3.8, 4) is 55.0 Å². The average molecular weight is 779 g/mol. The number of nitrogens with zero attached hydrogens (tertiary/aromatic N) is 5. The predicted octanol–water partition coefficient (Wildman–Crippen LogP) is 5.43. The number of aliphatic hydroxyl groups is 1. The Morgan fingerprint density at radius 1 is 0.827 bits per heavy atom. The van der Waals surface area contributed by atoms with Gasteiger partial charge in [-0.25, -0.2) is 24.9 Å². The van der Waals surface area contributed by atoms with Crippen LogP contribution in [0.15, 0.2) is 56.3 Å². The van der Waals surface area contributed by atoms with E-state index in [0.29, 0.717) is 45.5 Å². The number of hydrogen-bond acceptors (Lipinski definition) is 15. The van der Waals surface area contributed by atoms with Crippen LogP contribution in [0.5, 0.6) is 0 Å². The van der Waals surface area contributed by atoms with Crippen LogP contribution in [0, 0.1) is 5.92 Å². The van der Waals surface area contributed by atoms with Crippen LogP contribution in [0.25, 0.3) is 55.0 Å². The van der Waals surface area contributed by atoms with Gasteiger partial charge >= 0.3 is 5.97 Å². The second-order valence-electron chi connectivity index (χ2n) is 11.9. The summed E-state index contributed by atoms with van der Waals surface area (Å²) in [5.74, 6) is -2.45. The van der Waals surface area contributed by atoms with Crippen LogP contribution in [0.2, 0.25) is 0 Å². The molecule has 6 N–H and O–H groups in total. The van der Waals surface area contributed by atoms with E-state index in [4.69, 9.17) is 25.1 Å². The number of aliphatic carboxylic acids is 1. The number of benzene rings is 1. The summed E-state index contributed by atoms with van der Waals surface area (Å²) in [7, 11) is 0. The highest BCUT2D eigenvalue weighted by Gasteiger charge is 2.32. The number of carboxylic acids is 1.